The molecule has 1 rings (SSSR count). The number of anilines is 1. The summed E-state index contributed by atoms with van der Waals surface area (Å²) in [6.45, 7) is 5.69. The zero-order valence-electron chi connectivity index (χ0n) is 11.5. The van der Waals surface area contributed by atoms with Gasteiger partial charge in [-0.05, 0) is 38.5 Å². The van der Waals surface area contributed by atoms with Crippen LogP contribution in [0.5, 0.6) is 0 Å². The Bertz CT molecular complexity index is 397. The number of carbonyl (C=O) groups is 1. The number of amides is 1. The lowest BCUT2D eigenvalue weighted by Gasteiger charge is -2.22. The Kier molecular flexibility index (Phi) is 4.87. The topological polar surface area (TPSA) is 64.3 Å². The van der Waals surface area contributed by atoms with Gasteiger partial charge >= 0.3 is 0 Å². The van der Waals surface area contributed by atoms with E-state index in [1.54, 1.807) is 7.11 Å². The molecule has 0 aliphatic heterocycles. The van der Waals surface area contributed by atoms with E-state index in [1.807, 2.05) is 45.0 Å². The molecular weight excluding hydrogens is 228 g/mol. The number of rotatable bonds is 5. The molecule has 1 aromatic rings. The van der Waals surface area contributed by atoms with Gasteiger partial charge in [-0.1, -0.05) is 12.1 Å². The number of nitrogens with two attached hydrogens (primary N) is 1. The minimum absolute atomic E-state index is 0.00202. The molecule has 3 N–H and O–H groups in total. The molecular formula is C14H22N2O2. The van der Waals surface area contributed by atoms with Gasteiger partial charge in [0, 0.05) is 18.8 Å². The third kappa shape index (κ3) is 4.47. The zero-order valence-corrected chi connectivity index (χ0v) is 11.5. The average Bonchev–Trinajstić information content (AvgIpc) is 2.29. The molecule has 100 valence electrons. The molecule has 0 bridgehead atoms. The van der Waals surface area contributed by atoms with Crippen LogP contribution in [0.1, 0.15) is 38.8 Å². The Morgan fingerprint density at radius 1 is 1.39 bits per heavy atom. The Morgan fingerprint density at radius 3 is 2.39 bits per heavy atom. The highest BCUT2D eigenvalue weighted by Crippen LogP contribution is 2.17. The number of benzene rings is 1. The fourth-order valence-electron chi connectivity index (χ4n) is 1.53. The van der Waals surface area contributed by atoms with Gasteiger partial charge in [0.25, 0.3) is 0 Å². The van der Waals surface area contributed by atoms with Crippen LogP contribution in [0, 0.1) is 0 Å². The molecule has 0 fully saturated rings. The van der Waals surface area contributed by atoms with E-state index in [1.165, 1.54) is 0 Å². The van der Waals surface area contributed by atoms with Crippen molar-refractivity contribution in [2.24, 2.45) is 5.73 Å². The van der Waals surface area contributed by atoms with E-state index < -0.39 is 5.60 Å². The second-order valence-corrected chi connectivity index (χ2v) is 5.10. The number of methoxy groups -OCH3 is 1. The minimum Gasteiger partial charge on any atom is -0.378 e. The van der Waals surface area contributed by atoms with Gasteiger partial charge in [-0.15, -0.1) is 0 Å². The van der Waals surface area contributed by atoms with Crippen molar-refractivity contribution < 1.29 is 9.53 Å². The van der Waals surface area contributed by atoms with Crippen molar-refractivity contribution in [1.29, 1.82) is 0 Å². The molecule has 4 heteroatoms. The van der Waals surface area contributed by atoms with Crippen molar-refractivity contribution in [2.45, 2.75) is 38.8 Å². The molecule has 4 nitrogen and oxygen atoms in total. The number of ether oxygens (including phenoxy) is 1. The van der Waals surface area contributed by atoms with Crippen LogP contribution >= 0.6 is 0 Å². The number of hydrogen-bond donors (Lipinski definition) is 2. The Hall–Kier alpha value is -1.39. The minimum atomic E-state index is -0.449. The first-order valence-electron chi connectivity index (χ1n) is 6.04. The van der Waals surface area contributed by atoms with Gasteiger partial charge < -0.3 is 15.8 Å². The van der Waals surface area contributed by atoms with E-state index in [0.717, 1.165) is 11.3 Å². The number of nitrogens with one attached hydrogen (secondary N) is 1. The summed E-state index contributed by atoms with van der Waals surface area (Å²) < 4.78 is 5.22. The van der Waals surface area contributed by atoms with Crippen molar-refractivity contribution >= 4 is 11.6 Å². The van der Waals surface area contributed by atoms with Crippen LogP contribution < -0.4 is 11.1 Å². The van der Waals surface area contributed by atoms with Gasteiger partial charge in [-0.2, -0.15) is 0 Å². The van der Waals surface area contributed by atoms with E-state index >= 15 is 0 Å². The van der Waals surface area contributed by atoms with Crippen molar-refractivity contribution in [3.05, 3.63) is 29.8 Å². The highest BCUT2D eigenvalue weighted by atomic mass is 16.5. The number of carbonyl (C=O) groups excluding carboxylic acids is 1. The lowest BCUT2D eigenvalue weighted by Crippen LogP contribution is -2.29. The molecule has 0 aromatic heterocycles. The maximum absolute atomic E-state index is 11.8. The lowest BCUT2D eigenvalue weighted by molar-refractivity contribution is -0.121. The second-order valence-electron chi connectivity index (χ2n) is 5.10. The number of hydrogen-bond acceptors (Lipinski definition) is 3. The highest BCUT2D eigenvalue weighted by Gasteiger charge is 2.20. The average molecular weight is 250 g/mol. The molecule has 18 heavy (non-hydrogen) atoms. The highest BCUT2D eigenvalue weighted by molar-refractivity contribution is 5.91. The normalized spacial score (nSPS) is 13.2. The monoisotopic (exact) mass is 250 g/mol. The molecule has 1 atom stereocenters. The van der Waals surface area contributed by atoms with Gasteiger partial charge in [0.15, 0.2) is 0 Å². The van der Waals surface area contributed by atoms with Gasteiger partial charge in [-0.3, -0.25) is 4.79 Å². The predicted molar refractivity (Wildman–Crippen MR) is 73.4 cm³/mol. The SMILES string of the molecule is COC(C)(C)CC(=O)Nc1ccc(C(C)N)cc1. The maximum Gasteiger partial charge on any atom is 0.227 e. The third-order valence-corrected chi connectivity index (χ3v) is 2.86. The van der Waals surface area contributed by atoms with E-state index in [4.69, 9.17) is 10.5 Å². The standard InChI is InChI=1S/C14H22N2O2/c1-10(15)11-5-7-12(8-6-11)16-13(17)9-14(2,3)18-4/h5-8,10H,9,15H2,1-4H3,(H,16,17). The molecule has 0 aliphatic rings. The van der Waals surface area contributed by atoms with E-state index in [0.29, 0.717) is 6.42 Å². The van der Waals surface area contributed by atoms with Crippen molar-refractivity contribution in [1.82, 2.24) is 0 Å². The predicted octanol–water partition coefficient (Wildman–Crippen LogP) is 2.46. The molecule has 0 saturated heterocycles. The Labute approximate surface area is 109 Å². The summed E-state index contributed by atoms with van der Waals surface area (Å²) in [5.74, 6) is -0.0598. The van der Waals surface area contributed by atoms with Crippen molar-refractivity contribution in [3.8, 4) is 0 Å². The fourth-order valence-corrected chi connectivity index (χ4v) is 1.53. The first-order valence-corrected chi connectivity index (χ1v) is 6.04. The van der Waals surface area contributed by atoms with Crippen molar-refractivity contribution in [2.75, 3.05) is 12.4 Å². The summed E-state index contributed by atoms with van der Waals surface area (Å²) in [6, 6.07) is 7.55. The first kappa shape index (κ1) is 14.7. The van der Waals surface area contributed by atoms with Crippen molar-refractivity contribution in [3.63, 3.8) is 0 Å². The van der Waals surface area contributed by atoms with E-state index in [-0.39, 0.29) is 11.9 Å². The zero-order chi connectivity index (χ0) is 13.8. The quantitative estimate of drug-likeness (QED) is 0.843. The van der Waals surface area contributed by atoms with Crippen LogP contribution in [0.15, 0.2) is 24.3 Å². The summed E-state index contributed by atoms with van der Waals surface area (Å²) >= 11 is 0. The van der Waals surface area contributed by atoms with E-state index in [9.17, 15) is 4.79 Å². The molecule has 1 unspecified atom stereocenters. The lowest BCUT2D eigenvalue weighted by atomic mass is 10.0. The van der Waals surface area contributed by atoms with Gasteiger partial charge in [0.2, 0.25) is 5.91 Å². The fraction of sp³-hybridized carbons (Fsp3) is 0.500. The van der Waals surface area contributed by atoms with Crippen LogP contribution in [0.2, 0.25) is 0 Å². The summed E-state index contributed by atoms with van der Waals surface area (Å²) in [5, 5.41) is 2.84. The first-order chi connectivity index (χ1) is 8.34. The van der Waals surface area contributed by atoms with Crippen LogP contribution in [-0.2, 0) is 9.53 Å². The van der Waals surface area contributed by atoms with Crippen LogP contribution in [0.4, 0.5) is 5.69 Å². The summed E-state index contributed by atoms with van der Waals surface area (Å²) in [4.78, 5) is 11.8. The van der Waals surface area contributed by atoms with Crippen LogP contribution in [0.25, 0.3) is 0 Å². The Balaban J connectivity index is 2.60. The molecule has 0 heterocycles. The van der Waals surface area contributed by atoms with Gasteiger partial charge in [0.05, 0.1) is 12.0 Å². The summed E-state index contributed by atoms with van der Waals surface area (Å²) in [5.41, 5.74) is 7.13. The molecule has 0 aliphatic carbocycles. The van der Waals surface area contributed by atoms with E-state index in [2.05, 4.69) is 5.32 Å². The Morgan fingerprint density at radius 2 is 1.94 bits per heavy atom. The molecule has 1 amide bonds. The van der Waals surface area contributed by atoms with Crippen LogP contribution in [0.3, 0.4) is 0 Å². The smallest absolute Gasteiger partial charge is 0.227 e. The summed E-state index contributed by atoms with van der Waals surface area (Å²) in [6.07, 6.45) is 0.318. The van der Waals surface area contributed by atoms with Crippen LogP contribution in [-0.4, -0.2) is 18.6 Å². The molecule has 0 saturated carbocycles. The largest absolute Gasteiger partial charge is 0.378 e. The second kappa shape index (κ2) is 5.98. The molecule has 0 radical (unpaired) electrons. The molecule has 1 aromatic carbocycles. The summed E-state index contributed by atoms with van der Waals surface area (Å²) in [7, 11) is 1.60. The third-order valence-electron chi connectivity index (χ3n) is 2.86. The van der Waals surface area contributed by atoms with Gasteiger partial charge in [-0.25, -0.2) is 0 Å². The van der Waals surface area contributed by atoms with Gasteiger partial charge in [0.1, 0.15) is 0 Å². The molecule has 0 spiro atoms. The maximum atomic E-state index is 11.8.